The van der Waals surface area contributed by atoms with Crippen LogP contribution in [0.5, 0.6) is 0 Å². The van der Waals surface area contributed by atoms with E-state index in [1.54, 1.807) is 0 Å². The van der Waals surface area contributed by atoms with Gasteiger partial charge >= 0.3 is 6.03 Å². The summed E-state index contributed by atoms with van der Waals surface area (Å²) in [6.07, 6.45) is 0.596. The molecule has 0 aromatic heterocycles. The van der Waals surface area contributed by atoms with E-state index in [-0.39, 0.29) is 19.6 Å². The Kier molecular flexibility index (Phi) is 3.51. The fourth-order valence-corrected chi connectivity index (χ4v) is 2.74. The van der Waals surface area contributed by atoms with Crippen molar-refractivity contribution >= 4 is 11.9 Å². The van der Waals surface area contributed by atoms with Gasteiger partial charge in [0.1, 0.15) is 5.54 Å². The normalized spacial score (nSPS) is 33.9. The van der Waals surface area contributed by atoms with E-state index >= 15 is 0 Å². The average molecular weight is 276 g/mol. The Hall–Kier alpha value is -1.24. The first-order chi connectivity index (χ1) is 8.80. The fourth-order valence-electron chi connectivity index (χ4n) is 2.74. The first-order valence-corrected chi connectivity index (χ1v) is 6.31. The van der Waals surface area contributed by atoms with Crippen LogP contribution < -0.4 is 5.32 Å². The van der Waals surface area contributed by atoms with Crippen molar-refractivity contribution in [2.45, 2.75) is 37.6 Å². The lowest BCUT2D eigenvalue weighted by Crippen LogP contribution is -2.48. The van der Waals surface area contributed by atoms with Crippen molar-refractivity contribution in [1.29, 1.82) is 0 Å². The van der Waals surface area contributed by atoms with Crippen LogP contribution in [0.2, 0.25) is 0 Å². The van der Waals surface area contributed by atoms with Gasteiger partial charge in [0.05, 0.1) is 6.61 Å². The number of hydrogen-bond acceptors (Lipinski definition) is 3. The lowest BCUT2D eigenvalue weighted by Gasteiger charge is -2.24. The Morgan fingerprint density at radius 3 is 2.68 bits per heavy atom. The number of amides is 3. The molecule has 2 aliphatic rings. The molecule has 7 heteroatoms. The second kappa shape index (κ2) is 4.70. The molecule has 19 heavy (non-hydrogen) atoms. The van der Waals surface area contributed by atoms with Crippen molar-refractivity contribution in [2.24, 2.45) is 5.92 Å². The van der Waals surface area contributed by atoms with Gasteiger partial charge in [-0.3, -0.25) is 9.69 Å². The van der Waals surface area contributed by atoms with E-state index < -0.39 is 29.3 Å². The first-order valence-electron chi connectivity index (χ1n) is 6.31. The van der Waals surface area contributed by atoms with Crippen LogP contribution in [0.25, 0.3) is 0 Å². The monoisotopic (exact) mass is 276 g/mol. The number of ether oxygens (including phenoxy) is 1. The van der Waals surface area contributed by atoms with Crippen molar-refractivity contribution in [2.75, 3.05) is 20.3 Å². The molecule has 2 fully saturated rings. The van der Waals surface area contributed by atoms with Gasteiger partial charge in [0, 0.05) is 26.0 Å². The van der Waals surface area contributed by atoms with Crippen molar-refractivity contribution in [1.82, 2.24) is 10.2 Å². The zero-order valence-corrected chi connectivity index (χ0v) is 11.0. The lowest BCUT2D eigenvalue weighted by atomic mass is 10.0. The van der Waals surface area contributed by atoms with Crippen molar-refractivity contribution in [3.63, 3.8) is 0 Å². The lowest BCUT2D eigenvalue weighted by molar-refractivity contribution is -0.134. The Morgan fingerprint density at radius 2 is 2.16 bits per heavy atom. The third-order valence-corrected chi connectivity index (χ3v) is 3.84. The molecule has 1 aliphatic carbocycles. The second-order valence-corrected chi connectivity index (χ2v) is 5.46. The molecule has 1 heterocycles. The quantitative estimate of drug-likeness (QED) is 0.789. The molecule has 1 saturated carbocycles. The molecule has 1 saturated heterocycles. The van der Waals surface area contributed by atoms with E-state index in [0.717, 1.165) is 4.90 Å². The number of halogens is 2. The highest BCUT2D eigenvalue weighted by Gasteiger charge is 2.52. The van der Waals surface area contributed by atoms with Crippen LogP contribution in [-0.4, -0.2) is 48.6 Å². The number of methoxy groups -OCH3 is 1. The number of carbonyl (C=O) groups excluding carboxylic acids is 2. The van der Waals surface area contributed by atoms with Crippen molar-refractivity contribution in [3.8, 4) is 0 Å². The minimum absolute atomic E-state index is 0.0229. The maximum atomic E-state index is 13.6. The van der Waals surface area contributed by atoms with Crippen LogP contribution in [0.1, 0.15) is 26.2 Å². The van der Waals surface area contributed by atoms with Gasteiger partial charge in [0.15, 0.2) is 0 Å². The minimum atomic E-state index is -2.79. The van der Waals surface area contributed by atoms with Gasteiger partial charge in [-0.15, -0.1) is 0 Å². The highest BCUT2D eigenvalue weighted by atomic mass is 19.3. The predicted octanol–water partition coefficient (Wildman–Crippen LogP) is 1.38. The summed E-state index contributed by atoms with van der Waals surface area (Å²) >= 11 is 0. The standard InChI is InChI=1S/C12H18F2N2O3/c1-11(7-19-2)9(17)16(10(18)15-11)6-8-4-3-5-12(8,13)14/h8H,3-7H2,1-2H3,(H,15,18). The van der Waals surface area contributed by atoms with Crippen LogP contribution in [0.4, 0.5) is 13.6 Å². The third-order valence-electron chi connectivity index (χ3n) is 3.84. The van der Waals surface area contributed by atoms with Gasteiger partial charge in [-0.1, -0.05) is 0 Å². The number of nitrogens with one attached hydrogen (secondary N) is 1. The fraction of sp³-hybridized carbons (Fsp3) is 0.833. The molecule has 2 unspecified atom stereocenters. The average Bonchev–Trinajstić information content (AvgIpc) is 2.73. The number of urea groups is 1. The van der Waals surface area contributed by atoms with Gasteiger partial charge in [0.2, 0.25) is 0 Å². The number of rotatable bonds is 4. The summed E-state index contributed by atoms with van der Waals surface area (Å²) in [6.45, 7) is 1.33. The second-order valence-electron chi connectivity index (χ2n) is 5.46. The molecule has 1 aliphatic heterocycles. The van der Waals surface area contributed by atoms with E-state index in [1.165, 1.54) is 14.0 Å². The van der Waals surface area contributed by atoms with Gasteiger partial charge in [-0.05, 0) is 19.8 Å². The van der Waals surface area contributed by atoms with Crippen molar-refractivity contribution < 1.29 is 23.1 Å². The maximum absolute atomic E-state index is 13.6. The summed E-state index contributed by atoms with van der Waals surface area (Å²) in [5.41, 5.74) is -1.15. The summed E-state index contributed by atoms with van der Waals surface area (Å²) in [6, 6.07) is -0.618. The van der Waals surface area contributed by atoms with Crippen LogP contribution in [0, 0.1) is 5.92 Å². The third kappa shape index (κ3) is 2.43. The van der Waals surface area contributed by atoms with Gasteiger partial charge in [0.25, 0.3) is 11.8 Å². The zero-order valence-electron chi connectivity index (χ0n) is 11.0. The Morgan fingerprint density at radius 1 is 1.47 bits per heavy atom. The molecule has 0 aromatic carbocycles. The molecule has 0 radical (unpaired) electrons. The molecule has 2 rings (SSSR count). The molecule has 5 nitrogen and oxygen atoms in total. The molecule has 0 bridgehead atoms. The zero-order chi connectivity index (χ0) is 14.3. The summed E-state index contributed by atoms with van der Waals surface area (Å²) < 4.78 is 32.0. The summed E-state index contributed by atoms with van der Waals surface area (Å²) in [4.78, 5) is 24.8. The highest BCUT2D eigenvalue weighted by molar-refractivity contribution is 6.06. The van der Waals surface area contributed by atoms with Gasteiger partial charge in [-0.2, -0.15) is 0 Å². The Bertz CT molecular complexity index is 402. The van der Waals surface area contributed by atoms with Crippen LogP contribution in [-0.2, 0) is 9.53 Å². The van der Waals surface area contributed by atoms with E-state index in [4.69, 9.17) is 4.74 Å². The van der Waals surface area contributed by atoms with E-state index in [2.05, 4.69) is 5.32 Å². The Balaban J connectivity index is 2.09. The Labute approximate surface area is 110 Å². The highest BCUT2D eigenvalue weighted by Crippen LogP contribution is 2.41. The molecule has 1 N–H and O–H groups in total. The van der Waals surface area contributed by atoms with Crippen molar-refractivity contribution in [3.05, 3.63) is 0 Å². The summed E-state index contributed by atoms with van der Waals surface area (Å²) in [5, 5.41) is 2.50. The minimum Gasteiger partial charge on any atom is -0.382 e. The smallest absolute Gasteiger partial charge is 0.325 e. The van der Waals surface area contributed by atoms with Gasteiger partial charge < -0.3 is 10.1 Å². The molecule has 108 valence electrons. The van der Waals surface area contributed by atoms with Crippen LogP contribution in [0.15, 0.2) is 0 Å². The number of nitrogens with zero attached hydrogens (tertiary/aromatic N) is 1. The number of imide groups is 1. The maximum Gasteiger partial charge on any atom is 0.325 e. The molecule has 3 amide bonds. The van der Waals surface area contributed by atoms with Gasteiger partial charge in [-0.25, -0.2) is 13.6 Å². The largest absolute Gasteiger partial charge is 0.382 e. The predicted molar refractivity (Wildman–Crippen MR) is 62.8 cm³/mol. The number of hydrogen-bond donors (Lipinski definition) is 1. The van der Waals surface area contributed by atoms with Crippen LogP contribution in [0.3, 0.4) is 0 Å². The number of alkyl halides is 2. The SMILES string of the molecule is COCC1(C)NC(=O)N(CC2CCCC2(F)F)C1=O. The van der Waals surface area contributed by atoms with E-state index in [0.29, 0.717) is 12.8 Å². The van der Waals surface area contributed by atoms with E-state index in [1.807, 2.05) is 0 Å². The first kappa shape index (κ1) is 14.2. The molecule has 0 spiro atoms. The molecular formula is C12H18F2N2O3. The summed E-state index contributed by atoms with van der Waals surface area (Å²) in [5.74, 6) is -4.23. The van der Waals surface area contributed by atoms with E-state index in [9.17, 15) is 18.4 Å². The molecule has 0 aromatic rings. The number of carbonyl (C=O) groups is 2. The molecular weight excluding hydrogens is 258 g/mol. The van der Waals surface area contributed by atoms with Crippen LogP contribution >= 0.6 is 0 Å². The molecule has 2 atom stereocenters. The topological polar surface area (TPSA) is 58.6 Å². The summed E-state index contributed by atoms with van der Waals surface area (Å²) in [7, 11) is 1.42.